The summed E-state index contributed by atoms with van der Waals surface area (Å²) >= 11 is 6.09. The van der Waals surface area contributed by atoms with E-state index in [2.05, 4.69) is 10.4 Å². The lowest BCUT2D eigenvalue weighted by Crippen LogP contribution is -2.14. The highest BCUT2D eigenvalue weighted by atomic mass is 35.5. The Bertz CT molecular complexity index is 856. The number of carbonyl (C=O) groups excluding carboxylic acids is 1. The highest BCUT2D eigenvalue weighted by molar-refractivity contribution is 6.31. The molecule has 0 fully saturated rings. The minimum absolute atomic E-state index is 0.199. The fourth-order valence-corrected chi connectivity index (χ4v) is 2.57. The van der Waals surface area contributed by atoms with Gasteiger partial charge in [-0.15, -0.1) is 0 Å². The van der Waals surface area contributed by atoms with Crippen LogP contribution in [0.1, 0.15) is 21.6 Å². The number of carbonyl (C=O) groups is 1. The van der Waals surface area contributed by atoms with E-state index in [1.54, 1.807) is 16.9 Å². The van der Waals surface area contributed by atoms with Gasteiger partial charge in [-0.3, -0.25) is 4.79 Å². The molecule has 23 heavy (non-hydrogen) atoms. The number of benzene rings is 2. The molecule has 0 atom stereocenters. The number of hydrogen-bond acceptors (Lipinski definition) is 2. The largest absolute Gasteiger partial charge is 0.322 e. The quantitative estimate of drug-likeness (QED) is 0.776. The molecule has 0 unspecified atom stereocenters. The lowest BCUT2D eigenvalue weighted by atomic mass is 10.2. The molecule has 4 nitrogen and oxygen atoms in total. The van der Waals surface area contributed by atoms with Crippen LogP contribution in [0.4, 0.5) is 5.69 Å². The van der Waals surface area contributed by atoms with E-state index in [1.165, 1.54) is 0 Å². The molecule has 1 N–H and O–H groups in total. The molecule has 0 spiro atoms. The van der Waals surface area contributed by atoms with Gasteiger partial charge in [0.25, 0.3) is 5.91 Å². The van der Waals surface area contributed by atoms with Crippen molar-refractivity contribution in [3.63, 3.8) is 0 Å². The molecule has 116 valence electrons. The first-order valence-electron chi connectivity index (χ1n) is 7.24. The van der Waals surface area contributed by atoms with E-state index in [9.17, 15) is 4.79 Å². The van der Waals surface area contributed by atoms with Crippen molar-refractivity contribution in [3.8, 4) is 5.69 Å². The molecule has 0 aliphatic heterocycles. The summed E-state index contributed by atoms with van der Waals surface area (Å²) in [6, 6.07) is 15.1. The van der Waals surface area contributed by atoms with E-state index in [4.69, 9.17) is 11.6 Å². The Balaban J connectivity index is 1.89. The molecule has 3 aromatic rings. The first-order chi connectivity index (χ1) is 11.1. The Labute approximate surface area is 139 Å². The highest BCUT2D eigenvalue weighted by Gasteiger charge is 2.16. The molecule has 0 bridgehead atoms. The predicted octanol–water partition coefficient (Wildman–Crippen LogP) is 4.39. The molecule has 0 radical (unpaired) electrons. The van der Waals surface area contributed by atoms with Crippen molar-refractivity contribution >= 4 is 23.2 Å². The van der Waals surface area contributed by atoms with E-state index in [-0.39, 0.29) is 5.91 Å². The van der Waals surface area contributed by atoms with Crippen LogP contribution in [0.2, 0.25) is 5.02 Å². The van der Waals surface area contributed by atoms with E-state index in [0.29, 0.717) is 16.3 Å². The molecule has 0 aliphatic rings. The van der Waals surface area contributed by atoms with Crippen molar-refractivity contribution in [1.82, 2.24) is 9.78 Å². The summed E-state index contributed by atoms with van der Waals surface area (Å²) in [6.45, 7) is 3.75. The third-order valence-corrected chi connectivity index (χ3v) is 4.18. The summed E-state index contributed by atoms with van der Waals surface area (Å²) < 4.78 is 1.75. The Kier molecular flexibility index (Phi) is 4.17. The third kappa shape index (κ3) is 2.98. The molecular weight excluding hydrogens is 310 g/mol. The maximum atomic E-state index is 12.5. The van der Waals surface area contributed by atoms with Gasteiger partial charge in [0, 0.05) is 10.7 Å². The number of nitrogens with one attached hydrogen (secondary N) is 1. The number of rotatable bonds is 3. The van der Waals surface area contributed by atoms with Gasteiger partial charge < -0.3 is 5.32 Å². The monoisotopic (exact) mass is 325 g/mol. The van der Waals surface area contributed by atoms with Crippen molar-refractivity contribution in [2.45, 2.75) is 13.8 Å². The van der Waals surface area contributed by atoms with Crippen LogP contribution < -0.4 is 5.32 Å². The van der Waals surface area contributed by atoms with Gasteiger partial charge in [-0.1, -0.05) is 35.9 Å². The number of hydrogen-bond donors (Lipinski definition) is 1. The lowest BCUT2D eigenvalue weighted by Gasteiger charge is -2.09. The molecule has 0 saturated carbocycles. The number of halogens is 1. The maximum absolute atomic E-state index is 12.5. The Morgan fingerprint density at radius 3 is 2.57 bits per heavy atom. The molecule has 1 aromatic heterocycles. The first kappa shape index (κ1) is 15.3. The van der Waals surface area contributed by atoms with E-state index in [1.807, 2.05) is 56.3 Å². The zero-order valence-corrected chi connectivity index (χ0v) is 13.6. The molecule has 0 aliphatic carbocycles. The average molecular weight is 326 g/mol. The van der Waals surface area contributed by atoms with Crippen LogP contribution in [0.3, 0.4) is 0 Å². The van der Waals surface area contributed by atoms with Crippen molar-refractivity contribution in [3.05, 3.63) is 76.6 Å². The summed E-state index contributed by atoms with van der Waals surface area (Å²) in [6.07, 6.45) is 1.58. The fourth-order valence-electron chi connectivity index (χ4n) is 2.39. The van der Waals surface area contributed by atoms with Crippen molar-refractivity contribution in [2.75, 3.05) is 5.32 Å². The molecular formula is C18H16ClN3O. The van der Waals surface area contributed by atoms with Gasteiger partial charge in [-0.2, -0.15) is 5.10 Å². The zero-order valence-electron chi connectivity index (χ0n) is 12.9. The summed E-state index contributed by atoms with van der Waals surface area (Å²) in [7, 11) is 0. The van der Waals surface area contributed by atoms with Crippen LogP contribution in [0.5, 0.6) is 0 Å². The molecule has 1 amide bonds. The fraction of sp³-hybridized carbons (Fsp3) is 0.111. The first-order valence-corrected chi connectivity index (χ1v) is 7.62. The van der Waals surface area contributed by atoms with Gasteiger partial charge in [0.2, 0.25) is 0 Å². The second kappa shape index (κ2) is 6.26. The van der Waals surface area contributed by atoms with Gasteiger partial charge >= 0.3 is 0 Å². The smallest absolute Gasteiger partial charge is 0.259 e. The Hall–Kier alpha value is -2.59. The van der Waals surface area contributed by atoms with Gasteiger partial charge in [0.05, 0.1) is 23.1 Å². The maximum Gasteiger partial charge on any atom is 0.259 e. The van der Waals surface area contributed by atoms with Crippen molar-refractivity contribution in [2.24, 2.45) is 0 Å². The highest BCUT2D eigenvalue weighted by Crippen LogP contribution is 2.24. The topological polar surface area (TPSA) is 46.9 Å². The van der Waals surface area contributed by atoms with Crippen LogP contribution in [-0.2, 0) is 0 Å². The molecule has 5 heteroatoms. The van der Waals surface area contributed by atoms with Gasteiger partial charge in [0.15, 0.2) is 0 Å². The van der Waals surface area contributed by atoms with E-state index >= 15 is 0 Å². The van der Waals surface area contributed by atoms with Crippen LogP contribution in [0.25, 0.3) is 5.69 Å². The SMILES string of the molecule is Cc1c(Cl)cccc1NC(=O)c1cnn(-c2ccccc2)c1C. The van der Waals surface area contributed by atoms with Crippen LogP contribution >= 0.6 is 11.6 Å². The number of nitrogens with zero attached hydrogens (tertiary/aromatic N) is 2. The Morgan fingerprint density at radius 2 is 1.83 bits per heavy atom. The van der Waals surface area contributed by atoms with Crippen LogP contribution in [0, 0.1) is 13.8 Å². The van der Waals surface area contributed by atoms with Crippen LogP contribution in [-0.4, -0.2) is 15.7 Å². The summed E-state index contributed by atoms with van der Waals surface area (Å²) in [5.74, 6) is -0.199. The number of para-hydroxylation sites is 1. The third-order valence-electron chi connectivity index (χ3n) is 3.77. The second-order valence-electron chi connectivity index (χ2n) is 5.26. The minimum Gasteiger partial charge on any atom is -0.322 e. The lowest BCUT2D eigenvalue weighted by molar-refractivity contribution is 0.102. The summed E-state index contributed by atoms with van der Waals surface area (Å²) in [4.78, 5) is 12.5. The number of aromatic nitrogens is 2. The van der Waals surface area contributed by atoms with Crippen molar-refractivity contribution in [1.29, 1.82) is 0 Å². The van der Waals surface area contributed by atoms with Crippen molar-refractivity contribution < 1.29 is 4.79 Å². The van der Waals surface area contributed by atoms with Gasteiger partial charge in [0.1, 0.15) is 0 Å². The number of anilines is 1. The molecule has 3 rings (SSSR count). The normalized spacial score (nSPS) is 10.6. The minimum atomic E-state index is -0.199. The average Bonchev–Trinajstić information content (AvgIpc) is 2.94. The number of amides is 1. The van der Waals surface area contributed by atoms with E-state index < -0.39 is 0 Å². The predicted molar refractivity (Wildman–Crippen MR) is 92.4 cm³/mol. The van der Waals surface area contributed by atoms with Crippen LogP contribution in [0.15, 0.2) is 54.7 Å². The summed E-state index contributed by atoms with van der Waals surface area (Å²) in [5.41, 5.74) is 3.79. The Morgan fingerprint density at radius 1 is 1.09 bits per heavy atom. The molecule has 2 aromatic carbocycles. The standard InChI is InChI=1S/C18H16ClN3O/c1-12-16(19)9-6-10-17(12)21-18(23)15-11-20-22(13(15)2)14-7-4-3-5-8-14/h3-11H,1-2H3,(H,21,23). The van der Waals surface area contributed by atoms with Gasteiger partial charge in [-0.05, 0) is 43.7 Å². The van der Waals surface area contributed by atoms with E-state index in [0.717, 1.165) is 16.9 Å². The summed E-state index contributed by atoms with van der Waals surface area (Å²) in [5, 5.41) is 7.84. The van der Waals surface area contributed by atoms with Gasteiger partial charge in [-0.25, -0.2) is 4.68 Å². The zero-order chi connectivity index (χ0) is 16.4. The molecule has 0 saturated heterocycles. The molecule has 1 heterocycles. The second-order valence-corrected chi connectivity index (χ2v) is 5.66.